The van der Waals surface area contributed by atoms with E-state index < -0.39 is 0 Å². The Hall–Kier alpha value is -4.50. The molecular weight excluding hydrogens is 426 g/mol. The monoisotopic (exact) mass is 445 g/mol. The fourth-order valence-corrected chi connectivity index (χ4v) is 6.58. The van der Waals surface area contributed by atoms with Gasteiger partial charge in [0, 0.05) is 17.0 Å². The molecule has 35 heavy (non-hydrogen) atoms. The second-order valence-corrected chi connectivity index (χ2v) is 9.82. The molecule has 3 nitrogen and oxygen atoms in total. The van der Waals surface area contributed by atoms with Crippen LogP contribution >= 0.6 is 0 Å². The molecular formula is C32H19N3. The predicted molar refractivity (Wildman–Crippen MR) is 142 cm³/mol. The van der Waals surface area contributed by atoms with Gasteiger partial charge in [-0.15, -0.1) is 0 Å². The maximum atomic E-state index is 5.16. The van der Waals surface area contributed by atoms with Crippen molar-refractivity contribution in [3.63, 3.8) is 0 Å². The number of aromatic nitrogens is 3. The van der Waals surface area contributed by atoms with E-state index >= 15 is 0 Å². The van der Waals surface area contributed by atoms with E-state index in [0.717, 1.165) is 40.6 Å². The minimum Gasteiger partial charge on any atom is -0.290 e. The Kier molecular flexibility index (Phi) is 3.14. The number of hydrogen-bond donors (Lipinski definition) is 0. The quantitative estimate of drug-likeness (QED) is 0.229. The summed E-state index contributed by atoms with van der Waals surface area (Å²) in [6, 6.07) is 30.9. The predicted octanol–water partition coefficient (Wildman–Crippen LogP) is 7.33. The molecule has 4 aromatic carbocycles. The lowest BCUT2D eigenvalue weighted by atomic mass is 9.97. The second kappa shape index (κ2) is 6.13. The molecule has 2 aliphatic carbocycles. The molecule has 0 spiro atoms. The summed E-state index contributed by atoms with van der Waals surface area (Å²) in [6.45, 7) is 0. The van der Waals surface area contributed by atoms with E-state index in [1.165, 1.54) is 55.3 Å². The number of para-hydroxylation sites is 2. The van der Waals surface area contributed by atoms with Crippen LogP contribution in [0.5, 0.6) is 0 Å². The maximum Gasteiger partial charge on any atom is 0.146 e. The zero-order valence-electron chi connectivity index (χ0n) is 18.9. The fraction of sp³-hybridized carbons (Fsp3) is 0.0625. The molecule has 0 saturated carbocycles. The van der Waals surface area contributed by atoms with Crippen molar-refractivity contribution in [2.75, 3.05) is 0 Å². The normalized spacial score (nSPS) is 13.5. The summed E-state index contributed by atoms with van der Waals surface area (Å²) in [6.07, 6.45) is 3.84. The van der Waals surface area contributed by atoms with Gasteiger partial charge in [-0.05, 0) is 93.7 Å². The van der Waals surface area contributed by atoms with E-state index in [1.54, 1.807) is 0 Å². The molecule has 0 fully saturated rings. The van der Waals surface area contributed by atoms with Gasteiger partial charge in [-0.2, -0.15) is 0 Å². The number of benzene rings is 4. The average Bonchev–Trinajstić information content (AvgIpc) is 3.58. The van der Waals surface area contributed by atoms with Crippen LogP contribution in [-0.2, 0) is 12.8 Å². The lowest BCUT2D eigenvalue weighted by Crippen LogP contribution is -1.96. The Morgan fingerprint density at radius 1 is 0.629 bits per heavy atom. The summed E-state index contributed by atoms with van der Waals surface area (Å²) in [5.74, 6) is 0. The SMILES string of the molecule is c1ccc2c(c1)Cc1cc3c(cc1-2)Cc1c-3ccc2c3ncccc3n3c4ccccc4nc3c12. The van der Waals surface area contributed by atoms with Crippen molar-refractivity contribution in [3.8, 4) is 22.3 Å². The second-order valence-electron chi connectivity index (χ2n) is 9.82. The minimum atomic E-state index is 0.925. The Labute approximate surface area is 201 Å². The van der Waals surface area contributed by atoms with Crippen LogP contribution in [-0.4, -0.2) is 14.4 Å². The number of fused-ring (bicyclic) bond motifs is 15. The van der Waals surface area contributed by atoms with Crippen LogP contribution in [0.1, 0.15) is 22.3 Å². The van der Waals surface area contributed by atoms with Gasteiger partial charge < -0.3 is 0 Å². The molecule has 0 aliphatic heterocycles. The molecule has 0 N–H and O–H groups in total. The summed E-state index contributed by atoms with van der Waals surface area (Å²) < 4.78 is 2.31. The summed E-state index contributed by atoms with van der Waals surface area (Å²) in [5, 5.41) is 2.43. The molecule has 0 bridgehead atoms. The van der Waals surface area contributed by atoms with E-state index in [4.69, 9.17) is 9.97 Å². The molecule has 0 amide bonds. The molecule has 0 saturated heterocycles. The van der Waals surface area contributed by atoms with Crippen LogP contribution in [0.2, 0.25) is 0 Å². The Morgan fingerprint density at radius 2 is 1.43 bits per heavy atom. The van der Waals surface area contributed by atoms with Gasteiger partial charge in [-0.1, -0.05) is 48.5 Å². The van der Waals surface area contributed by atoms with E-state index in [1.807, 2.05) is 12.3 Å². The van der Waals surface area contributed by atoms with Gasteiger partial charge in [0.15, 0.2) is 0 Å². The first-order valence-corrected chi connectivity index (χ1v) is 12.2. The van der Waals surface area contributed by atoms with Crippen LogP contribution in [0.3, 0.4) is 0 Å². The van der Waals surface area contributed by atoms with Crippen molar-refractivity contribution in [1.29, 1.82) is 0 Å². The van der Waals surface area contributed by atoms with Gasteiger partial charge >= 0.3 is 0 Å². The highest BCUT2D eigenvalue weighted by Gasteiger charge is 2.28. The van der Waals surface area contributed by atoms with Crippen LogP contribution in [0.25, 0.3) is 60.7 Å². The number of hydrogen-bond acceptors (Lipinski definition) is 2. The zero-order valence-corrected chi connectivity index (χ0v) is 18.9. The standard InChI is InChI=1S/C32H19N3/c1-2-7-21-18(6-1)14-19-15-25-20(16-24(19)21)17-26-22(25)11-12-23-30(26)32-34-27-8-3-4-9-28(27)35(32)29-10-5-13-33-31(23)29/h1-13,15-16H,14,17H2. The number of pyridine rings is 2. The molecule has 162 valence electrons. The van der Waals surface area contributed by atoms with Gasteiger partial charge in [-0.3, -0.25) is 9.38 Å². The molecule has 0 atom stereocenters. The maximum absolute atomic E-state index is 5.16. The van der Waals surface area contributed by atoms with Gasteiger partial charge in [-0.25, -0.2) is 4.98 Å². The molecule has 3 heteroatoms. The van der Waals surface area contributed by atoms with E-state index in [2.05, 4.69) is 83.3 Å². The minimum absolute atomic E-state index is 0.925. The third kappa shape index (κ3) is 2.17. The van der Waals surface area contributed by atoms with Crippen LogP contribution in [0, 0.1) is 0 Å². The van der Waals surface area contributed by atoms with Crippen molar-refractivity contribution in [3.05, 3.63) is 113 Å². The summed E-state index contributed by atoms with van der Waals surface area (Å²) in [4.78, 5) is 10.0. The topological polar surface area (TPSA) is 30.2 Å². The molecule has 3 aromatic heterocycles. The molecule has 0 radical (unpaired) electrons. The summed E-state index contributed by atoms with van der Waals surface area (Å²) >= 11 is 0. The van der Waals surface area contributed by atoms with E-state index in [0.29, 0.717) is 0 Å². The highest BCUT2D eigenvalue weighted by molar-refractivity contribution is 6.15. The number of rotatable bonds is 0. The van der Waals surface area contributed by atoms with Crippen molar-refractivity contribution in [2.24, 2.45) is 0 Å². The zero-order chi connectivity index (χ0) is 22.7. The third-order valence-corrected chi connectivity index (χ3v) is 8.05. The first kappa shape index (κ1) is 17.9. The van der Waals surface area contributed by atoms with Crippen LogP contribution in [0.15, 0.2) is 91.1 Å². The van der Waals surface area contributed by atoms with Gasteiger partial charge in [0.25, 0.3) is 0 Å². The summed E-state index contributed by atoms with van der Waals surface area (Å²) in [5.41, 5.74) is 16.5. The van der Waals surface area contributed by atoms with Crippen molar-refractivity contribution < 1.29 is 0 Å². The van der Waals surface area contributed by atoms with Crippen LogP contribution < -0.4 is 0 Å². The molecule has 7 aromatic rings. The molecule has 9 rings (SSSR count). The largest absolute Gasteiger partial charge is 0.290 e. The van der Waals surface area contributed by atoms with Gasteiger partial charge in [0.2, 0.25) is 0 Å². The van der Waals surface area contributed by atoms with Gasteiger partial charge in [0.05, 0.1) is 22.1 Å². The Morgan fingerprint density at radius 3 is 2.40 bits per heavy atom. The Bertz CT molecular complexity index is 2060. The smallest absolute Gasteiger partial charge is 0.146 e. The third-order valence-electron chi connectivity index (χ3n) is 8.05. The van der Waals surface area contributed by atoms with Crippen molar-refractivity contribution in [2.45, 2.75) is 12.8 Å². The molecule has 2 aliphatic rings. The number of imidazole rings is 1. The molecule has 0 unspecified atom stereocenters. The van der Waals surface area contributed by atoms with Crippen molar-refractivity contribution >= 4 is 38.5 Å². The highest BCUT2D eigenvalue weighted by Crippen LogP contribution is 2.47. The van der Waals surface area contributed by atoms with Crippen LogP contribution in [0.4, 0.5) is 0 Å². The lowest BCUT2D eigenvalue weighted by Gasteiger charge is -2.12. The van der Waals surface area contributed by atoms with Gasteiger partial charge in [0.1, 0.15) is 5.65 Å². The average molecular weight is 446 g/mol. The lowest BCUT2D eigenvalue weighted by molar-refractivity contribution is 1.24. The highest BCUT2D eigenvalue weighted by atomic mass is 15.0. The molecule has 3 heterocycles. The number of nitrogens with zero attached hydrogens (tertiary/aromatic N) is 3. The first-order chi connectivity index (χ1) is 17.3. The van der Waals surface area contributed by atoms with Crippen molar-refractivity contribution in [1.82, 2.24) is 14.4 Å². The summed E-state index contributed by atoms with van der Waals surface area (Å²) in [7, 11) is 0. The first-order valence-electron chi connectivity index (χ1n) is 12.2. The van der Waals surface area contributed by atoms with E-state index in [-0.39, 0.29) is 0 Å². The Balaban J connectivity index is 1.40. The fourth-order valence-electron chi connectivity index (χ4n) is 6.58. The van der Waals surface area contributed by atoms with E-state index in [9.17, 15) is 0 Å².